The predicted octanol–water partition coefficient (Wildman–Crippen LogP) is 2.37. The Morgan fingerprint density at radius 2 is 2.16 bits per heavy atom. The lowest BCUT2D eigenvalue weighted by Crippen LogP contribution is -2.13. The third kappa shape index (κ3) is 3.72. The van der Waals surface area contributed by atoms with Crippen molar-refractivity contribution in [3.63, 3.8) is 0 Å². The van der Waals surface area contributed by atoms with Crippen molar-refractivity contribution in [1.82, 2.24) is 10.3 Å². The van der Waals surface area contributed by atoms with E-state index >= 15 is 0 Å². The second kappa shape index (κ2) is 6.80. The molecule has 1 heterocycles. The van der Waals surface area contributed by atoms with E-state index in [1.54, 1.807) is 13.4 Å². The van der Waals surface area contributed by atoms with Gasteiger partial charge in [0.1, 0.15) is 6.26 Å². The molecule has 0 spiro atoms. The van der Waals surface area contributed by atoms with E-state index in [4.69, 9.17) is 13.9 Å². The number of benzene rings is 1. The van der Waals surface area contributed by atoms with Gasteiger partial charge in [-0.2, -0.15) is 0 Å². The smallest absolute Gasteiger partial charge is 0.180 e. The second-order valence-corrected chi connectivity index (χ2v) is 4.00. The summed E-state index contributed by atoms with van der Waals surface area (Å²) in [7, 11) is 1.64. The van der Waals surface area contributed by atoms with Crippen molar-refractivity contribution in [3.05, 3.63) is 42.1 Å². The highest BCUT2D eigenvalue weighted by atomic mass is 16.5. The molecule has 0 radical (unpaired) electrons. The fourth-order valence-corrected chi connectivity index (χ4v) is 1.76. The van der Waals surface area contributed by atoms with Crippen LogP contribution in [-0.2, 0) is 13.1 Å². The average molecular weight is 262 g/mol. The van der Waals surface area contributed by atoms with Crippen LogP contribution in [0.25, 0.3) is 0 Å². The van der Waals surface area contributed by atoms with Crippen LogP contribution >= 0.6 is 0 Å². The van der Waals surface area contributed by atoms with Crippen LogP contribution in [0.2, 0.25) is 0 Å². The molecule has 0 aliphatic carbocycles. The topological polar surface area (TPSA) is 56.5 Å². The molecule has 2 aromatic rings. The Hall–Kier alpha value is -2.01. The molecule has 0 saturated carbocycles. The molecule has 102 valence electrons. The second-order valence-electron chi connectivity index (χ2n) is 4.00. The molecule has 0 fully saturated rings. The zero-order valence-corrected chi connectivity index (χ0v) is 11.2. The zero-order valence-electron chi connectivity index (χ0n) is 11.2. The molecule has 0 saturated heterocycles. The first-order chi connectivity index (χ1) is 9.33. The number of hydrogen-bond acceptors (Lipinski definition) is 5. The Morgan fingerprint density at radius 1 is 1.26 bits per heavy atom. The summed E-state index contributed by atoms with van der Waals surface area (Å²) in [6.45, 7) is 3.98. The van der Waals surface area contributed by atoms with Gasteiger partial charge in [0.05, 0.1) is 19.4 Å². The Labute approximate surface area is 112 Å². The minimum atomic E-state index is 0.625. The van der Waals surface area contributed by atoms with Crippen LogP contribution in [0.5, 0.6) is 11.5 Å². The van der Waals surface area contributed by atoms with Crippen molar-refractivity contribution in [2.75, 3.05) is 13.7 Å². The van der Waals surface area contributed by atoms with Gasteiger partial charge in [-0.1, -0.05) is 6.07 Å². The van der Waals surface area contributed by atoms with Gasteiger partial charge in [0.25, 0.3) is 0 Å². The van der Waals surface area contributed by atoms with E-state index in [0.29, 0.717) is 13.2 Å². The number of oxazole rings is 1. The summed E-state index contributed by atoms with van der Waals surface area (Å²) in [5.41, 5.74) is 2.02. The van der Waals surface area contributed by atoms with Gasteiger partial charge in [-0.3, -0.25) is 0 Å². The molecule has 0 unspecified atom stereocenters. The molecule has 1 N–H and O–H groups in total. The minimum absolute atomic E-state index is 0.625. The van der Waals surface area contributed by atoms with E-state index < -0.39 is 0 Å². The quantitative estimate of drug-likeness (QED) is 0.830. The molecule has 0 aliphatic heterocycles. The van der Waals surface area contributed by atoms with Gasteiger partial charge >= 0.3 is 0 Å². The fourth-order valence-electron chi connectivity index (χ4n) is 1.76. The minimum Gasteiger partial charge on any atom is -0.493 e. The lowest BCUT2D eigenvalue weighted by molar-refractivity contribution is 0.310. The van der Waals surface area contributed by atoms with E-state index in [-0.39, 0.29) is 0 Å². The van der Waals surface area contributed by atoms with Crippen molar-refractivity contribution in [2.45, 2.75) is 20.0 Å². The third-order valence-corrected chi connectivity index (χ3v) is 2.65. The Bertz CT molecular complexity index is 497. The van der Waals surface area contributed by atoms with Gasteiger partial charge in [0.15, 0.2) is 17.9 Å². The monoisotopic (exact) mass is 262 g/mol. The molecule has 1 aromatic carbocycles. The maximum Gasteiger partial charge on any atom is 0.180 e. The van der Waals surface area contributed by atoms with Crippen molar-refractivity contribution in [2.24, 2.45) is 0 Å². The van der Waals surface area contributed by atoms with E-state index in [1.165, 1.54) is 6.39 Å². The molecule has 5 heteroatoms. The van der Waals surface area contributed by atoms with Crippen LogP contribution in [0.1, 0.15) is 18.2 Å². The first-order valence-electron chi connectivity index (χ1n) is 6.21. The summed E-state index contributed by atoms with van der Waals surface area (Å²) in [5, 5.41) is 3.29. The van der Waals surface area contributed by atoms with Crippen LogP contribution in [0.15, 0.2) is 35.3 Å². The van der Waals surface area contributed by atoms with E-state index in [1.807, 2.05) is 25.1 Å². The molecular formula is C14H18N2O3. The zero-order chi connectivity index (χ0) is 13.5. The Kier molecular flexibility index (Phi) is 4.80. The van der Waals surface area contributed by atoms with E-state index in [0.717, 1.165) is 29.3 Å². The molecule has 2 rings (SSSR count). The van der Waals surface area contributed by atoms with Crippen molar-refractivity contribution < 1.29 is 13.9 Å². The lowest BCUT2D eigenvalue weighted by Gasteiger charge is -2.11. The van der Waals surface area contributed by atoms with Crippen molar-refractivity contribution in [3.8, 4) is 11.5 Å². The molecule has 0 aliphatic rings. The summed E-state index contributed by atoms with van der Waals surface area (Å²) >= 11 is 0. The van der Waals surface area contributed by atoms with Gasteiger partial charge in [0, 0.05) is 13.1 Å². The maximum absolute atomic E-state index is 5.48. The highest BCUT2D eigenvalue weighted by molar-refractivity contribution is 5.42. The van der Waals surface area contributed by atoms with E-state index in [9.17, 15) is 0 Å². The Morgan fingerprint density at radius 3 is 2.84 bits per heavy atom. The molecule has 0 amide bonds. The van der Waals surface area contributed by atoms with Gasteiger partial charge in [-0.25, -0.2) is 4.98 Å². The summed E-state index contributed by atoms with van der Waals surface area (Å²) < 4.78 is 15.7. The molecule has 1 aromatic heterocycles. The molecule has 19 heavy (non-hydrogen) atoms. The highest BCUT2D eigenvalue weighted by Crippen LogP contribution is 2.27. The number of methoxy groups -OCH3 is 1. The van der Waals surface area contributed by atoms with Gasteiger partial charge in [-0.05, 0) is 24.6 Å². The lowest BCUT2D eigenvalue weighted by atomic mass is 10.2. The normalized spacial score (nSPS) is 10.4. The van der Waals surface area contributed by atoms with Gasteiger partial charge in [-0.15, -0.1) is 0 Å². The van der Waals surface area contributed by atoms with Crippen LogP contribution in [0.3, 0.4) is 0 Å². The molecule has 5 nitrogen and oxygen atoms in total. The highest BCUT2D eigenvalue weighted by Gasteiger charge is 2.05. The van der Waals surface area contributed by atoms with Gasteiger partial charge in [0.2, 0.25) is 0 Å². The number of ether oxygens (including phenoxy) is 2. The summed E-state index contributed by atoms with van der Waals surface area (Å²) in [5.74, 6) is 1.52. The summed E-state index contributed by atoms with van der Waals surface area (Å²) in [4.78, 5) is 4.05. The largest absolute Gasteiger partial charge is 0.493 e. The standard InChI is InChI=1S/C14H18N2O3/c1-3-19-13-5-4-11(6-14(13)17-2)7-15-8-12-9-18-10-16-12/h4-6,9-10,15H,3,7-8H2,1-2H3. The number of nitrogens with one attached hydrogen (secondary N) is 1. The van der Waals surface area contributed by atoms with Crippen LogP contribution in [-0.4, -0.2) is 18.7 Å². The number of aromatic nitrogens is 1. The maximum atomic E-state index is 5.48. The van der Waals surface area contributed by atoms with Crippen LogP contribution in [0.4, 0.5) is 0 Å². The molecule has 0 atom stereocenters. The predicted molar refractivity (Wildman–Crippen MR) is 71.2 cm³/mol. The third-order valence-electron chi connectivity index (χ3n) is 2.65. The SMILES string of the molecule is CCOc1ccc(CNCc2cocn2)cc1OC. The molecule has 0 bridgehead atoms. The first kappa shape index (κ1) is 13.4. The summed E-state index contributed by atoms with van der Waals surface area (Å²) in [6, 6.07) is 5.92. The fraction of sp³-hybridized carbons (Fsp3) is 0.357. The van der Waals surface area contributed by atoms with Crippen molar-refractivity contribution in [1.29, 1.82) is 0 Å². The first-order valence-corrected chi connectivity index (χ1v) is 6.21. The average Bonchev–Trinajstić information content (AvgIpc) is 2.94. The van der Waals surface area contributed by atoms with E-state index in [2.05, 4.69) is 10.3 Å². The Balaban J connectivity index is 1.93. The van der Waals surface area contributed by atoms with Crippen LogP contribution in [0, 0.1) is 0 Å². The number of nitrogens with zero attached hydrogens (tertiary/aromatic N) is 1. The van der Waals surface area contributed by atoms with Crippen molar-refractivity contribution >= 4 is 0 Å². The van der Waals surface area contributed by atoms with Crippen LogP contribution < -0.4 is 14.8 Å². The molecular weight excluding hydrogens is 244 g/mol. The van der Waals surface area contributed by atoms with Gasteiger partial charge < -0.3 is 19.2 Å². The number of rotatable bonds is 7. The number of hydrogen-bond donors (Lipinski definition) is 1. The summed E-state index contributed by atoms with van der Waals surface area (Å²) in [6.07, 6.45) is 3.06.